The van der Waals surface area contributed by atoms with Crippen LogP contribution in [0.1, 0.15) is 11.3 Å². The molecule has 0 spiro atoms. The van der Waals surface area contributed by atoms with Gasteiger partial charge in [-0.3, -0.25) is 10.4 Å². The first-order chi connectivity index (χ1) is 12.6. The van der Waals surface area contributed by atoms with E-state index in [0.29, 0.717) is 32.2 Å². The third kappa shape index (κ3) is 4.19. The maximum atomic E-state index is 6.45. The Morgan fingerprint density at radius 3 is 2.77 bits per heavy atom. The average molecular weight is 405 g/mol. The summed E-state index contributed by atoms with van der Waals surface area (Å²) in [6.45, 7) is 1.84. The number of rotatable bonds is 4. The van der Waals surface area contributed by atoms with E-state index in [1.165, 1.54) is 0 Å². The number of aryl methyl sites for hydroxylation is 1. The molecule has 0 radical (unpaired) electrons. The van der Waals surface area contributed by atoms with Crippen LogP contribution in [0.25, 0.3) is 5.69 Å². The Morgan fingerprint density at radius 1 is 1.23 bits per heavy atom. The number of nitrogens with zero attached hydrogens (tertiary/aromatic N) is 4. The molecule has 0 bridgehead atoms. The highest BCUT2D eigenvalue weighted by Crippen LogP contribution is 2.26. The van der Waals surface area contributed by atoms with Gasteiger partial charge in [0.05, 0.1) is 40.1 Å². The Hall–Kier alpha value is -2.48. The van der Waals surface area contributed by atoms with Crippen molar-refractivity contribution >= 4 is 52.4 Å². The summed E-state index contributed by atoms with van der Waals surface area (Å²) in [5.41, 5.74) is 5.58. The largest absolute Gasteiger partial charge is 0.330 e. The van der Waals surface area contributed by atoms with Crippen LogP contribution in [0.5, 0.6) is 0 Å². The molecule has 0 unspecified atom stereocenters. The van der Waals surface area contributed by atoms with Crippen molar-refractivity contribution in [3.05, 3.63) is 70.2 Å². The third-order valence-electron chi connectivity index (χ3n) is 3.41. The number of hydrogen-bond donors (Lipinski definition) is 2. The van der Waals surface area contributed by atoms with Gasteiger partial charge in [-0.25, -0.2) is 4.68 Å². The lowest BCUT2D eigenvalue weighted by atomic mass is 10.3. The predicted molar refractivity (Wildman–Crippen MR) is 110 cm³/mol. The predicted octanol–water partition coefficient (Wildman–Crippen LogP) is 4.20. The van der Waals surface area contributed by atoms with Crippen LogP contribution in [-0.2, 0) is 0 Å². The molecule has 132 valence electrons. The highest BCUT2D eigenvalue weighted by molar-refractivity contribution is 7.80. The summed E-state index contributed by atoms with van der Waals surface area (Å²) < 4.78 is 1.58. The fraction of sp³-hybridized carbons (Fsp3) is 0.0588. The van der Waals surface area contributed by atoms with E-state index in [4.69, 9.17) is 35.4 Å². The van der Waals surface area contributed by atoms with E-state index in [0.717, 1.165) is 5.69 Å². The van der Waals surface area contributed by atoms with Crippen LogP contribution in [0.4, 0.5) is 5.69 Å². The number of para-hydroxylation sites is 1. The summed E-state index contributed by atoms with van der Waals surface area (Å²) in [4.78, 5) is 4.00. The van der Waals surface area contributed by atoms with Crippen molar-refractivity contribution in [1.82, 2.24) is 20.2 Å². The van der Waals surface area contributed by atoms with Crippen molar-refractivity contribution < 1.29 is 0 Å². The first-order valence-electron chi connectivity index (χ1n) is 7.56. The van der Waals surface area contributed by atoms with Gasteiger partial charge in [-0.1, -0.05) is 35.3 Å². The molecule has 0 aliphatic carbocycles. The SMILES string of the molecule is Cc1nn(-c2ccccc2Cl)c(Cl)c1C=NNC(=S)Nc1cccnc1. The van der Waals surface area contributed by atoms with E-state index in [1.807, 2.05) is 31.2 Å². The molecule has 9 heteroatoms. The Labute approximate surface area is 165 Å². The van der Waals surface area contributed by atoms with Crippen molar-refractivity contribution in [2.24, 2.45) is 5.10 Å². The van der Waals surface area contributed by atoms with Gasteiger partial charge in [-0.2, -0.15) is 10.2 Å². The molecule has 2 heterocycles. The van der Waals surface area contributed by atoms with E-state index in [2.05, 4.69) is 25.9 Å². The van der Waals surface area contributed by atoms with Crippen LogP contribution in [-0.4, -0.2) is 26.1 Å². The van der Waals surface area contributed by atoms with Crippen molar-refractivity contribution in [3.8, 4) is 5.69 Å². The molecule has 2 N–H and O–H groups in total. The van der Waals surface area contributed by atoms with Crippen molar-refractivity contribution in [2.75, 3.05) is 5.32 Å². The van der Waals surface area contributed by atoms with Gasteiger partial charge in [0, 0.05) is 6.20 Å². The third-order valence-corrected chi connectivity index (χ3v) is 4.28. The normalized spacial score (nSPS) is 10.9. The molecule has 1 aromatic carbocycles. The van der Waals surface area contributed by atoms with Crippen LogP contribution < -0.4 is 10.7 Å². The lowest BCUT2D eigenvalue weighted by molar-refractivity contribution is 0.863. The van der Waals surface area contributed by atoms with Gasteiger partial charge in [0.2, 0.25) is 0 Å². The lowest BCUT2D eigenvalue weighted by Gasteiger charge is -2.06. The number of hydrogen-bond acceptors (Lipinski definition) is 4. The first kappa shape index (κ1) is 18.3. The minimum absolute atomic E-state index is 0.335. The minimum Gasteiger partial charge on any atom is -0.330 e. The summed E-state index contributed by atoms with van der Waals surface area (Å²) in [6.07, 6.45) is 4.91. The maximum absolute atomic E-state index is 6.45. The van der Waals surface area contributed by atoms with Crippen LogP contribution >= 0.6 is 35.4 Å². The van der Waals surface area contributed by atoms with Crippen molar-refractivity contribution in [3.63, 3.8) is 0 Å². The number of benzene rings is 1. The fourth-order valence-corrected chi connectivity index (χ4v) is 2.89. The Kier molecular flexibility index (Phi) is 5.82. The summed E-state index contributed by atoms with van der Waals surface area (Å²) in [7, 11) is 0. The zero-order valence-corrected chi connectivity index (χ0v) is 16.0. The molecular formula is C17H14Cl2N6S. The molecule has 6 nitrogen and oxygen atoms in total. The lowest BCUT2D eigenvalue weighted by Crippen LogP contribution is -2.23. The second kappa shape index (κ2) is 8.27. The van der Waals surface area contributed by atoms with Gasteiger partial charge < -0.3 is 5.32 Å². The molecule has 0 aliphatic rings. The standard InChI is InChI=1S/C17H14Cl2N6S/c1-11-13(10-21-23-17(26)22-12-5-4-8-20-9-12)16(19)25(24-11)15-7-3-2-6-14(15)18/h2-10H,1H3,(H2,22,23,26). The topological polar surface area (TPSA) is 67.1 Å². The van der Waals surface area contributed by atoms with E-state index in [9.17, 15) is 0 Å². The van der Waals surface area contributed by atoms with Crippen LogP contribution in [0, 0.1) is 6.92 Å². The van der Waals surface area contributed by atoms with Gasteiger partial charge in [-0.05, 0) is 43.4 Å². The number of nitrogens with one attached hydrogen (secondary N) is 2. The monoisotopic (exact) mass is 404 g/mol. The molecule has 3 aromatic rings. The van der Waals surface area contributed by atoms with E-state index >= 15 is 0 Å². The number of pyridine rings is 1. The van der Waals surface area contributed by atoms with Gasteiger partial charge in [0.15, 0.2) is 5.11 Å². The molecule has 0 amide bonds. The fourth-order valence-electron chi connectivity index (χ4n) is 2.19. The second-order valence-corrected chi connectivity index (χ2v) is 6.39. The Morgan fingerprint density at radius 2 is 2.04 bits per heavy atom. The Balaban J connectivity index is 1.73. The molecule has 0 saturated heterocycles. The molecule has 0 fully saturated rings. The minimum atomic E-state index is 0.335. The maximum Gasteiger partial charge on any atom is 0.191 e. The second-order valence-electron chi connectivity index (χ2n) is 5.22. The van der Waals surface area contributed by atoms with Crippen LogP contribution in [0.2, 0.25) is 10.2 Å². The zero-order valence-electron chi connectivity index (χ0n) is 13.6. The smallest absolute Gasteiger partial charge is 0.191 e. The molecule has 3 rings (SSSR count). The zero-order chi connectivity index (χ0) is 18.5. The van der Waals surface area contributed by atoms with E-state index < -0.39 is 0 Å². The van der Waals surface area contributed by atoms with Gasteiger partial charge >= 0.3 is 0 Å². The molecular weight excluding hydrogens is 391 g/mol. The quantitative estimate of drug-likeness (QED) is 0.387. The van der Waals surface area contributed by atoms with Crippen LogP contribution in [0.15, 0.2) is 53.9 Å². The van der Waals surface area contributed by atoms with Crippen molar-refractivity contribution in [1.29, 1.82) is 0 Å². The number of aromatic nitrogens is 3. The number of hydrazone groups is 1. The van der Waals surface area contributed by atoms with Gasteiger partial charge in [-0.15, -0.1) is 0 Å². The van der Waals surface area contributed by atoms with Gasteiger partial charge in [0.25, 0.3) is 0 Å². The summed E-state index contributed by atoms with van der Waals surface area (Å²) in [6, 6.07) is 11.0. The molecule has 0 aliphatic heterocycles. The van der Waals surface area contributed by atoms with Crippen LogP contribution in [0.3, 0.4) is 0 Å². The summed E-state index contributed by atoms with van der Waals surface area (Å²) in [5, 5.41) is 12.8. The molecule has 2 aromatic heterocycles. The average Bonchev–Trinajstić information content (AvgIpc) is 2.91. The first-order valence-corrected chi connectivity index (χ1v) is 8.73. The number of halogens is 2. The van der Waals surface area contributed by atoms with E-state index in [-0.39, 0.29) is 0 Å². The number of thiocarbonyl (C=S) groups is 1. The van der Waals surface area contributed by atoms with Crippen molar-refractivity contribution in [2.45, 2.75) is 6.92 Å². The highest BCUT2D eigenvalue weighted by Gasteiger charge is 2.14. The molecule has 26 heavy (non-hydrogen) atoms. The Bertz CT molecular complexity index is 955. The van der Waals surface area contributed by atoms with E-state index in [1.54, 1.807) is 35.4 Å². The molecule has 0 saturated carbocycles. The summed E-state index contributed by atoms with van der Waals surface area (Å²) >= 11 is 17.8. The molecule has 0 atom stereocenters. The number of anilines is 1. The highest BCUT2D eigenvalue weighted by atomic mass is 35.5. The summed E-state index contributed by atoms with van der Waals surface area (Å²) in [5.74, 6) is 0. The van der Waals surface area contributed by atoms with Gasteiger partial charge in [0.1, 0.15) is 5.15 Å².